The highest BCUT2D eigenvalue weighted by Crippen LogP contribution is 2.31. The number of carbonyl (C=O) groups excluding carboxylic acids is 1. The number of hydrogen-bond acceptors (Lipinski definition) is 4. The second-order valence-corrected chi connectivity index (χ2v) is 10.1. The number of rotatable bonds is 7. The lowest BCUT2D eigenvalue weighted by Crippen LogP contribution is -2.49. The zero-order chi connectivity index (χ0) is 23.3. The number of aromatic amines is 1. The lowest BCUT2D eigenvalue weighted by atomic mass is 9.81. The number of carbonyl (C=O) groups is 1. The van der Waals surface area contributed by atoms with Crippen molar-refractivity contribution in [3.63, 3.8) is 0 Å². The van der Waals surface area contributed by atoms with Crippen molar-refractivity contribution in [1.29, 1.82) is 0 Å². The lowest BCUT2D eigenvalue weighted by molar-refractivity contribution is -0.119. The van der Waals surface area contributed by atoms with Crippen molar-refractivity contribution in [2.75, 3.05) is 49.1 Å². The van der Waals surface area contributed by atoms with E-state index in [0.717, 1.165) is 44.5 Å². The second-order valence-electron chi connectivity index (χ2n) is 10.1. The number of nitrogens with zero attached hydrogens (tertiary/aromatic N) is 4. The highest BCUT2D eigenvalue weighted by Gasteiger charge is 2.26. The molecule has 0 bridgehead atoms. The van der Waals surface area contributed by atoms with Crippen LogP contribution in [0.3, 0.4) is 0 Å². The fraction of sp³-hybridized carbons (Fsp3) is 0.500. The van der Waals surface area contributed by atoms with E-state index in [1.165, 1.54) is 42.3 Å². The average Bonchev–Trinajstić information content (AvgIpc) is 3.36. The summed E-state index contributed by atoms with van der Waals surface area (Å²) in [4.78, 5) is 28.1. The number of pyridine rings is 1. The molecule has 1 N–H and O–H groups in total. The van der Waals surface area contributed by atoms with E-state index in [2.05, 4.69) is 51.0 Å². The van der Waals surface area contributed by atoms with Crippen molar-refractivity contribution in [2.45, 2.75) is 39.0 Å². The summed E-state index contributed by atoms with van der Waals surface area (Å²) >= 11 is 0. The summed E-state index contributed by atoms with van der Waals surface area (Å²) < 4.78 is 0. The van der Waals surface area contributed by atoms with E-state index in [1.54, 1.807) is 6.20 Å². The van der Waals surface area contributed by atoms with Gasteiger partial charge in [0, 0.05) is 74.7 Å². The molecule has 1 aliphatic heterocycles. The van der Waals surface area contributed by atoms with E-state index in [0.29, 0.717) is 18.9 Å². The second kappa shape index (κ2) is 10.6. The SMILES string of the molecule is CC1CCC(CC(=O)N(CCN2CCN(c3cccc4[nH]ccc34)CC2)c2ccccn2)CC1. The number of fused-ring (bicyclic) bond motifs is 1. The number of hydrogen-bond donors (Lipinski definition) is 1. The molecular formula is C28H37N5O. The van der Waals surface area contributed by atoms with E-state index in [-0.39, 0.29) is 5.91 Å². The monoisotopic (exact) mass is 459 g/mol. The van der Waals surface area contributed by atoms with Gasteiger partial charge in [0.25, 0.3) is 0 Å². The van der Waals surface area contributed by atoms with Crippen LogP contribution in [-0.2, 0) is 4.79 Å². The summed E-state index contributed by atoms with van der Waals surface area (Å²) in [6.07, 6.45) is 9.32. The lowest BCUT2D eigenvalue weighted by Gasteiger charge is -2.37. The largest absolute Gasteiger partial charge is 0.368 e. The van der Waals surface area contributed by atoms with Gasteiger partial charge in [0.2, 0.25) is 5.91 Å². The molecule has 2 aliphatic rings. The van der Waals surface area contributed by atoms with E-state index >= 15 is 0 Å². The topological polar surface area (TPSA) is 55.5 Å². The van der Waals surface area contributed by atoms with Gasteiger partial charge in [0.15, 0.2) is 0 Å². The molecule has 0 atom stereocenters. The van der Waals surface area contributed by atoms with Gasteiger partial charge < -0.3 is 9.88 Å². The minimum absolute atomic E-state index is 0.232. The summed E-state index contributed by atoms with van der Waals surface area (Å²) in [6.45, 7) is 7.93. The van der Waals surface area contributed by atoms with Gasteiger partial charge in [-0.2, -0.15) is 0 Å². The zero-order valence-electron chi connectivity index (χ0n) is 20.3. The van der Waals surface area contributed by atoms with Gasteiger partial charge in [-0.3, -0.25) is 14.6 Å². The molecule has 3 heterocycles. The predicted molar refractivity (Wildman–Crippen MR) is 139 cm³/mol. The van der Waals surface area contributed by atoms with Crippen LogP contribution in [-0.4, -0.2) is 60.0 Å². The average molecular weight is 460 g/mol. The Kier molecular flexibility index (Phi) is 7.14. The molecule has 2 aromatic heterocycles. The number of benzene rings is 1. The van der Waals surface area contributed by atoms with Gasteiger partial charge in [-0.25, -0.2) is 4.98 Å². The predicted octanol–water partition coefficient (Wildman–Crippen LogP) is 4.93. The van der Waals surface area contributed by atoms with Gasteiger partial charge in [-0.05, 0) is 55.0 Å². The minimum atomic E-state index is 0.232. The van der Waals surface area contributed by atoms with E-state index in [4.69, 9.17) is 0 Å². The third-order valence-corrected chi connectivity index (χ3v) is 7.75. The third kappa shape index (κ3) is 5.27. The molecular weight excluding hydrogens is 422 g/mol. The van der Waals surface area contributed by atoms with Crippen LogP contribution in [0.1, 0.15) is 39.0 Å². The normalized spacial score (nSPS) is 21.6. The summed E-state index contributed by atoms with van der Waals surface area (Å²) in [6, 6.07) is 14.5. The molecule has 2 fully saturated rings. The Morgan fingerprint density at radius 2 is 1.85 bits per heavy atom. The fourth-order valence-corrected chi connectivity index (χ4v) is 5.57. The molecule has 1 amide bonds. The number of anilines is 2. The first-order valence-electron chi connectivity index (χ1n) is 12.9. The van der Waals surface area contributed by atoms with E-state index in [9.17, 15) is 4.79 Å². The van der Waals surface area contributed by atoms with Crippen LogP contribution in [0.15, 0.2) is 54.9 Å². The number of nitrogens with one attached hydrogen (secondary N) is 1. The maximum atomic E-state index is 13.4. The quantitative estimate of drug-likeness (QED) is 0.544. The fourth-order valence-electron chi connectivity index (χ4n) is 5.57. The number of H-pyrrole nitrogens is 1. The number of amides is 1. The molecule has 0 radical (unpaired) electrons. The molecule has 1 aromatic carbocycles. The number of piperazine rings is 1. The molecule has 6 nitrogen and oxygen atoms in total. The molecule has 0 spiro atoms. The zero-order valence-corrected chi connectivity index (χ0v) is 20.3. The van der Waals surface area contributed by atoms with Crippen LogP contribution in [0, 0.1) is 11.8 Å². The molecule has 34 heavy (non-hydrogen) atoms. The van der Waals surface area contributed by atoms with Crippen LogP contribution in [0.5, 0.6) is 0 Å². The maximum Gasteiger partial charge on any atom is 0.228 e. The van der Waals surface area contributed by atoms with Crippen LogP contribution in [0.2, 0.25) is 0 Å². The molecule has 3 aromatic rings. The Morgan fingerprint density at radius 3 is 2.62 bits per heavy atom. The Labute approximate surface area is 203 Å². The van der Waals surface area contributed by atoms with Gasteiger partial charge in [0.05, 0.1) is 0 Å². The molecule has 5 rings (SSSR count). The van der Waals surface area contributed by atoms with Crippen molar-refractivity contribution < 1.29 is 4.79 Å². The first-order chi connectivity index (χ1) is 16.7. The van der Waals surface area contributed by atoms with Crippen LogP contribution < -0.4 is 9.80 Å². The molecule has 1 aliphatic carbocycles. The summed E-state index contributed by atoms with van der Waals surface area (Å²) in [5, 5.41) is 1.29. The van der Waals surface area contributed by atoms with Crippen molar-refractivity contribution in [3.05, 3.63) is 54.9 Å². The van der Waals surface area contributed by atoms with E-state index < -0.39 is 0 Å². The molecule has 180 valence electrons. The number of aromatic nitrogens is 2. The first kappa shape index (κ1) is 22.9. The molecule has 0 unspecified atom stereocenters. The van der Waals surface area contributed by atoms with Crippen molar-refractivity contribution in [3.8, 4) is 0 Å². The van der Waals surface area contributed by atoms with Crippen molar-refractivity contribution >= 4 is 28.3 Å². The van der Waals surface area contributed by atoms with E-state index in [1.807, 2.05) is 29.3 Å². The molecule has 1 saturated heterocycles. The highest BCUT2D eigenvalue weighted by molar-refractivity contribution is 5.93. The Balaban J connectivity index is 1.18. The summed E-state index contributed by atoms with van der Waals surface area (Å²) in [5.74, 6) is 2.35. The van der Waals surface area contributed by atoms with Crippen molar-refractivity contribution in [1.82, 2.24) is 14.9 Å². The van der Waals surface area contributed by atoms with Gasteiger partial charge in [0.1, 0.15) is 5.82 Å². The minimum Gasteiger partial charge on any atom is -0.368 e. The van der Waals surface area contributed by atoms with Gasteiger partial charge in [-0.15, -0.1) is 0 Å². The van der Waals surface area contributed by atoms with Crippen LogP contribution in [0.25, 0.3) is 10.9 Å². The van der Waals surface area contributed by atoms with Crippen molar-refractivity contribution in [2.24, 2.45) is 11.8 Å². The van der Waals surface area contributed by atoms with Gasteiger partial charge >= 0.3 is 0 Å². The Morgan fingerprint density at radius 1 is 1.03 bits per heavy atom. The molecule has 1 saturated carbocycles. The summed E-state index contributed by atoms with van der Waals surface area (Å²) in [7, 11) is 0. The standard InChI is InChI=1S/C28H37N5O/c1-22-8-10-23(11-9-22)21-28(34)33(27-7-2-3-13-30-27)20-17-31-15-18-32(19-16-31)26-6-4-5-25-24(26)12-14-29-25/h2-7,12-14,22-23,29H,8-11,15-21H2,1H3. The van der Waals surface area contributed by atoms with Crippen LogP contribution >= 0.6 is 0 Å². The smallest absolute Gasteiger partial charge is 0.228 e. The molecule has 6 heteroatoms. The van der Waals surface area contributed by atoms with Crippen LogP contribution in [0.4, 0.5) is 11.5 Å². The Hall–Kier alpha value is -2.86. The third-order valence-electron chi connectivity index (χ3n) is 7.75. The Bertz CT molecular complexity index is 1060. The summed E-state index contributed by atoms with van der Waals surface area (Å²) in [5.41, 5.74) is 2.50. The first-order valence-corrected chi connectivity index (χ1v) is 12.9. The van der Waals surface area contributed by atoms with Gasteiger partial charge in [-0.1, -0.05) is 31.9 Å². The maximum absolute atomic E-state index is 13.4. The highest BCUT2D eigenvalue weighted by atomic mass is 16.2.